The number of carbonyl (C=O) groups excluding carboxylic acids is 1. The highest BCUT2D eigenvalue weighted by molar-refractivity contribution is 5.76. The predicted octanol–water partition coefficient (Wildman–Crippen LogP) is 2.78. The van der Waals surface area contributed by atoms with Gasteiger partial charge in [-0.05, 0) is 43.4 Å². The summed E-state index contributed by atoms with van der Waals surface area (Å²) in [6.45, 7) is 2.59. The van der Waals surface area contributed by atoms with E-state index >= 15 is 0 Å². The molecule has 1 aliphatic rings. The van der Waals surface area contributed by atoms with Crippen LogP contribution >= 0.6 is 0 Å². The Bertz CT molecular complexity index is 632. The zero-order valence-electron chi connectivity index (χ0n) is 12.4. The first-order chi connectivity index (χ1) is 10.2. The Morgan fingerprint density at radius 1 is 1.38 bits per heavy atom. The summed E-state index contributed by atoms with van der Waals surface area (Å²) < 4.78 is 1.82. The Hall–Kier alpha value is -2.10. The third-order valence-electron chi connectivity index (χ3n) is 4.05. The van der Waals surface area contributed by atoms with E-state index in [4.69, 9.17) is 0 Å². The number of aromatic nitrogens is 2. The second kappa shape index (κ2) is 6.12. The molecule has 1 aliphatic carbocycles. The minimum atomic E-state index is 0.102. The first-order valence-electron chi connectivity index (χ1n) is 7.59. The number of rotatable bonds is 4. The van der Waals surface area contributed by atoms with Crippen molar-refractivity contribution in [2.45, 2.75) is 45.2 Å². The van der Waals surface area contributed by atoms with Gasteiger partial charge in [-0.25, -0.2) is 0 Å². The van der Waals surface area contributed by atoms with E-state index in [2.05, 4.69) is 34.7 Å². The molecule has 0 spiro atoms. The largest absolute Gasteiger partial charge is 0.349 e. The van der Waals surface area contributed by atoms with Crippen molar-refractivity contribution in [1.82, 2.24) is 15.1 Å². The molecule has 21 heavy (non-hydrogen) atoms. The van der Waals surface area contributed by atoms with E-state index in [0.717, 1.165) is 25.0 Å². The molecule has 3 rings (SSSR count). The highest BCUT2D eigenvalue weighted by Gasteiger charge is 2.21. The van der Waals surface area contributed by atoms with E-state index in [1.165, 1.54) is 11.1 Å². The van der Waals surface area contributed by atoms with Crippen LogP contribution in [0.25, 0.3) is 0 Å². The summed E-state index contributed by atoms with van der Waals surface area (Å²) in [6.07, 6.45) is 5.68. The van der Waals surface area contributed by atoms with Crippen LogP contribution in [0.3, 0.4) is 0 Å². The maximum absolute atomic E-state index is 12.1. The molecule has 0 radical (unpaired) electrons. The fourth-order valence-electron chi connectivity index (χ4n) is 2.97. The fourth-order valence-corrected chi connectivity index (χ4v) is 2.97. The van der Waals surface area contributed by atoms with Crippen LogP contribution < -0.4 is 5.32 Å². The molecule has 2 aromatic rings. The minimum Gasteiger partial charge on any atom is -0.349 e. The molecule has 1 N–H and O–H groups in total. The van der Waals surface area contributed by atoms with Gasteiger partial charge in [0.05, 0.1) is 11.7 Å². The molecule has 4 nitrogen and oxygen atoms in total. The Labute approximate surface area is 125 Å². The molecule has 0 saturated heterocycles. The van der Waals surface area contributed by atoms with Crippen molar-refractivity contribution in [2.24, 2.45) is 0 Å². The van der Waals surface area contributed by atoms with Crippen molar-refractivity contribution in [3.63, 3.8) is 0 Å². The topological polar surface area (TPSA) is 46.9 Å². The number of nitrogens with zero attached hydrogens (tertiary/aromatic N) is 2. The van der Waals surface area contributed by atoms with E-state index < -0.39 is 0 Å². The Morgan fingerprint density at radius 3 is 3.05 bits per heavy atom. The van der Waals surface area contributed by atoms with Crippen LogP contribution in [0.2, 0.25) is 0 Å². The van der Waals surface area contributed by atoms with E-state index in [9.17, 15) is 4.79 Å². The average molecular weight is 283 g/mol. The molecule has 1 heterocycles. The number of carbonyl (C=O) groups is 1. The van der Waals surface area contributed by atoms with Crippen LogP contribution in [0.4, 0.5) is 0 Å². The lowest BCUT2D eigenvalue weighted by Crippen LogP contribution is -2.31. The van der Waals surface area contributed by atoms with Gasteiger partial charge in [-0.2, -0.15) is 5.10 Å². The van der Waals surface area contributed by atoms with Crippen molar-refractivity contribution in [3.05, 3.63) is 53.3 Å². The van der Waals surface area contributed by atoms with Gasteiger partial charge in [-0.3, -0.25) is 9.48 Å². The third kappa shape index (κ3) is 3.32. The molecule has 1 aromatic carbocycles. The van der Waals surface area contributed by atoms with Gasteiger partial charge in [0.2, 0.25) is 5.91 Å². The smallest absolute Gasteiger partial charge is 0.222 e. The van der Waals surface area contributed by atoms with Crippen LogP contribution in [-0.2, 0) is 17.8 Å². The molecule has 1 unspecified atom stereocenters. The first-order valence-corrected chi connectivity index (χ1v) is 7.59. The number of amides is 1. The zero-order valence-corrected chi connectivity index (χ0v) is 12.4. The molecule has 1 aromatic heterocycles. The molecule has 0 fully saturated rings. The monoisotopic (exact) mass is 283 g/mol. The van der Waals surface area contributed by atoms with Crippen molar-refractivity contribution in [1.29, 1.82) is 0 Å². The Morgan fingerprint density at radius 2 is 2.24 bits per heavy atom. The van der Waals surface area contributed by atoms with Crippen molar-refractivity contribution >= 4 is 5.91 Å². The summed E-state index contributed by atoms with van der Waals surface area (Å²) in [7, 11) is 0. The first kappa shape index (κ1) is 13.9. The Balaban J connectivity index is 1.58. The van der Waals surface area contributed by atoms with Gasteiger partial charge >= 0.3 is 0 Å². The van der Waals surface area contributed by atoms with Crippen molar-refractivity contribution in [3.8, 4) is 0 Å². The van der Waals surface area contributed by atoms with Gasteiger partial charge in [0, 0.05) is 19.2 Å². The lowest BCUT2D eigenvalue weighted by Gasteiger charge is -2.26. The fraction of sp³-hybridized carbons (Fsp3) is 0.412. The van der Waals surface area contributed by atoms with Crippen LogP contribution in [0, 0.1) is 6.92 Å². The average Bonchev–Trinajstić information content (AvgIpc) is 2.91. The summed E-state index contributed by atoms with van der Waals surface area (Å²) in [5.41, 5.74) is 3.64. The van der Waals surface area contributed by atoms with E-state index in [-0.39, 0.29) is 11.9 Å². The summed E-state index contributed by atoms with van der Waals surface area (Å²) in [5, 5.41) is 7.47. The van der Waals surface area contributed by atoms with E-state index in [0.29, 0.717) is 13.0 Å². The summed E-state index contributed by atoms with van der Waals surface area (Å²) in [5.74, 6) is 0.102. The van der Waals surface area contributed by atoms with Gasteiger partial charge in [-0.15, -0.1) is 0 Å². The van der Waals surface area contributed by atoms with Gasteiger partial charge in [0.1, 0.15) is 0 Å². The molecular formula is C17H21N3O. The summed E-state index contributed by atoms with van der Waals surface area (Å²) >= 11 is 0. The van der Waals surface area contributed by atoms with Gasteiger partial charge < -0.3 is 5.32 Å². The molecule has 4 heteroatoms. The molecule has 110 valence electrons. The van der Waals surface area contributed by atoms with Gasteiger partial charge in [-0.1, -0.05) is 24.3 Å². The molecule has 0 saturated carbocycles. The van der Waals surface area contributed by atoms with E-state index in [1.807, 2.05) is 23.9 Å². The molecule has 0 bridgehead atoms. The highest BCUT2D eigenvalue weighted by Crippen LogP contribution is 2.29. The molecule has 1 amide bonds. The molecule has 1 atom stereocenters. The van der Waals surface area contributed by atoms with Gasteiger partial charge in [0.25, 0.3) is 0 Å². The lowest BCUT2D eigenvalue weighted by atomic mass is 9.88. The van der Waals surface area contributed by atoms with Crippen LogP contribution in [0.5, 0.6) is 0 Å². The molecular weight excluding hydrogens is 262 g/mol. The van der Waals surface area contributed by atoms with Crippen molar-refractivity contribution in [2.75, 3.05) is 0 Å². The number of fused-ring (bicyclic) bond motifs is 1. The number of aryl methyl sites for hydroxylation is 3. The van der Waals surface area contributed by atoms with E-state index in [1.54, 1.807) is 0 Å². The standard InChI is InChI=1S/C17H21N3O/c1-13-9-11-20(19-13)12-10-17(21)18-16-8-4-6-14-5-2-3-7-15(14)16/h2-3,5,7,9,11,16H,4,6,8,10,12H2,1H3,(H,18,21). The minimum absolute atomic E-state index is 0.102. The maximum Gasteiger partial charge on any atom is 0.222 e. The normalized spacial score (nSPS) is 17.3. The number of hydrogen-bond donors (Lipinski definition) is 1. The van der Waals surface area contributed by atoms with Gasteiger partial charge in [0.15, 0.2) is 0 Å². The number of hydrogen-bond acceptors (Lipinski definition) is 2. The number of nitrogens with one attached hydrogen (secondary N) is 1. The quantitative estimate of drug-likeness (QED) is 0.938. The Kier molecular flexibility index (Phi) is 4.04. The highest BCUT2D eigenvalue weighted by atomic mass is 16.1. The SMILES string of the molecule is Cc1ccn(CCC(=O)NC2CCCc3ccccc32)n1. The summed E-state index contributed by atoms with van der Waals surface area (Å²) in [4.78, 5) is 12.1. The number of benzene rings is 1. The maximum atomic E-state index is 12.1. The second-order valence-electron chi connectivity index (χ2n) is 5.68. The lowest BCUT2D eigenvalue weighted by molar-refractivity contribution is -0.122. The summed E-state index contributed by atoms with van der Waals surface area (Å²) in [6, 6.07) is 10.5. The predicted molar refractivity (Wildman–Crippen MR) is 81.8 cm³/mol. The van der Waals surface area contributed by atoms with Crippen LogP contribution in [-0.4, -0.2) is 15.7 Å². The third-order valence-corrected chi connectivity index (χ3v) is 4.05. The zero-order chi connectivity index (χ0) is 14.7. The van der Waals surface area contributed by atoms with Crippen LogP contribution in [0.1, 0.15) is 42.1 Å². The van der Waals surface area contributed by atoms with Crippen LogP contribution in [0.15, 0.2) is 36.5 Å². The molecule has 0 aliphatic heterocycles. The second-order valence-corrected chi connectivity index (χ2v) is 5.68. The van der Waals surface area contributed by atoms with Crippen molar-refractivity contribution < 1.29 is 4.79 Å².